The molecule has 2 aromatic carbocycles. The second-order valence-corrected chi connectivity index (χ2v) is 11.3. The third-order valence-corrected chi connectivity index (χ3v) is 7.93. The van der Waals surface area contributed by atoms with E-state index in [1.54, 1.807) is 0 Å². The average molecular weight is 468 g/mol. The summed E-state index contributed by atoms with van der Waals surface area (Å²) in [6.07, 6.45) is 0. The lowest BCUT2D eigenvalue weighted by Gasteiger charge is -2.41. The summed E-state index contributed by atoms with van der Waals surface area (Å²) in [5, 5.41) is 0. The zero-order valence-electron chi connectivity index (χ0n) is 18.0. The van der Waals surface area contributed by atoms with Gasteiger partial charge in [0, 0.05) is 0 Å². The highest BCUT2D eigenvalue weighted by molar-refractivity contribution is 7.49. The molecule has 10 heteroatoms. The van der Waals surface area contributed by atoms with Crippen molar-refractivity contribution in [2.75, 3.05) is 26.4 Å². The zero-order chi connectivity index (χ0) is 22.3. The molecule has 2 saturated heterocycles. The van der Waals surface area contributed by atoms with E-state index in [0.29, 0.717) is 11.5 Å². The molecule has 8 nitrogen and oxygen atoms in total. The van der Waals surface area contributed by atoms with Gasteiger partial charge in [0.1, 0.15) is 11.5 Å². The highest BCUT2D eigenvalue weighted by Gasteiger charge is 2.51. The summed E-state index contributed by atoms with van der Waals surface area (Å²) < 4.78 is 59.2. The quantitative estimate of drug-likeness (QED) is 0.530. The van der Waals surface area contributed by atoms with Crippen LogP contribution >= 0.6 is 15.6 Å². The number of benzene rings is 2. The van der Waals surface area contributed by atoms with Crippen LogP contribution < -0.4 is 9.05 Å². The van der Waals surface area contributed by atoms with E-state index in [0.717, 1.165) is 22.3 Å². The van der Waals surface area contributed by atoms with E-state index in [1.165, 1.54) is 0 Å². The Morgan fingerprint density at radius 3 is 1.23 bits per heavy atom. The molecule has 2 aliphatic heterocycles. The number of aryl methyl sites for hydroxylation is 4. The third-order valence-electron chi connectivity index (χ3n) is 5.34. The molecule has 2 aromatic rings. The van der Waals surface area contributed by atoms with E-state index >= 15 is 0 Å². The van der Waals surface area contributed by atoms with Gasteiger partial charge in [0.25, 0.3) is 0 Å². The topological polar surface area (TPSA) is 89.5 Å². The number of para-hydroxylation sites is 2. The molecular weight excluding hydrogens is 442 g/mol. The molecule has 0 saturated carbocycles. The molecule has 1 spiro atoms. The van der Waals surface area contributed by atoms with Gasteiger partial charge in [0.15, 0.2) is 0 Å². The van der Waals surface area contributed by atoms with Gasteiger partial charge in [-0.2, -0.15) is 0 Å². The fourth-order valence-corrected chi connectivity index (χ4v) is 6.51. The van der Waals surface area contributed by atoms with Crippen molar-refractivity contribution in [1.29, 1.82) is 0 Å². The lowest BCUT2D eigenvalue weighted by Crippen LogP contribution is -2.46. The van der Waals surface area contributed by atoms with Crippen molar-refractivity contribution in [2.24, 2.45) is 5.41 Å². The van der Waals surface area contributed by atoms with Gasteiger partial charge in [-0.3, -0.25) is 18.1 Å². The Morgan fingerprint density at radius 1 is 0.645 bits per heavy atom. The Balaban J connectivity index is 1.39. The van der Waals surface area contributed by atoms with E-state index < -0.39 is 21.1 Å². The monoisotopic (exact) mass is 468 g/mol. The van der Waals surface area contributed by atoms with Crippen LogP contribution in [-0.2, 0) is 27.2 Å². The normalized spacial score (nSPS) is 30.8. The molecule has 0 bridgehead atoms. The average Bonchev–Trinajstić information content (AvgIpc) is 2.73. The standard InChI is InChI=1S/C21H26O8P2/c1-15-7-5-8-16(2)19(15)28-30(22)24-11-21(12-25-30)13-26-31(23,27-14-21)29-20-17(3)9-6-10-18(20)4/h5-10H,11-14H2,1-4H3. The largest absolute Gasteiger partial charge is 0.530 e. The second kappa shape index (κ2) is 8.36. The zero-order valence-corrected chi connectivity index (χ0v) is 19.7. The van der Waals surface area contributed by atoms with Crippen LogP contribution in [0.5, 0.6) is 11.5 Å². The van der Waals surface area contributed by atoms with Crippen LogP contribution in [0.4, 0.5) is 0 Å². The molecule has 0 radical (unpaired) electrons. The Morgan fingerprint density at radius 2 is 0.935 bits per heavy atom. The number of hydrogen-bond acceptors (Lipinski definition) is 8. The lowest BCUT2D eigenvalue weighted by molar-refractivity contribution is -0.0854. The smallest absolute Gasteiger partial charge is 0.403 e. The molecule has 4 rings (SSSR count). The Kier molecular flexibility index (Phi) is 6.08. The van der Waals surface area contributed by atoms with Gasteiger partial charge in [0.05, 0.1) is 31.8 Å². The molecule has 0 unspecified atom stereocenters. The fraction of sp³-hybridized carbons (Fsp3) is 0.429. The maximum Gasteiger partial charge on any atom is 0.530 e. The molecule has 0 N–H and O–H groups in total. The number of hydrogen-bond donors (Lipinski definition) is 0. The molecule has 2 fully saturated rings. The summed E-state index contributed by atoms with van der Waals surface area (Å²) in [7, 11) is -7.59. The molecule has 0 aliphatic carbocycles. The van der Waals surface area contributed by atoms with Crippen molar-refractivity contribution >= 4 is 15.6 Å². The van der Waals surface area contributed by atoms with E-state index in [-0.39, 0.29) is 26.4 Å². The molecule has 2 heterocycles. The second-order valence-electron chi connectivity index (χ2n) is 8.11. The first-order chi connectivity index (χ1) is 14.6. The maximum atomic E-state index is 12.9. The van der Waals surface area contributed by atoms with Crippen LogP contribution in [0.1, 0.15) is 22.3 Å². The molecule has 0 atom stereocenters. The fourth-order valence-electron chi connectivity index (χ4n) is 3.40. The van der Waals surface area contributed by atoms with Crippen molar-refractivity contribution in [1.82, 2.24) is 0 Å². The molecule has 31 heavy (non-hydrogen) atoms. The summed E-state index contributed by atoms with van der Waals surface area (Å²) in [6, 6.07) is 11.2. The van der Waals surface area contributed by atoms with Gasteiger partial charge < -0.3 is 9.05 Å². The highest BCUT2D eigenvalue weighted by Crippen LogP contribution is 2.60. The van der Waals surface area contributed by atoms with Crippen LogP contribution in [0.3, 0.4) is 0 Å². The van der Waals surface area contributed by atoms with E-state index in [1.807, 2.05) is 64.1 Å². The predicted molar refractivity (Wildman–Crippen MR) is 115 cm³/mol. The summed E-state index contributed by atoms with van der Waals surface area (Å²) in [5.41, 5.74) is 2.57. The number of phosphoric ester groups is 2. The minimum absolute atomic E-state index is 0.0125. The highest BCUT2D eigenvalue weighted by atomic mass is 31.2. The van der Waals surface area contributed by atoms with Crippen LogP contribution in [0, 0.1) is 33.1 Å². The lowest BCUT2D eigenvalue weighted by atomic mass is 9.93. The predicted octanol–water partition coefficient (Wildman–Crippen LogP) is 5.67. The van der Waals surface area contributed by atoms with Gasteiger partial charge >= 0.3 is 15.6 Å². The summed E-state index contributed by atoms with van der Waals surface area (Å²) in [6.45, 7) is 7.48. The Bertz CT molecular complexity index is 930. The first kappa shape index (κ1) is 22.5. The molecule has 2 aliphatic rings. The van der Waals surface area contributed by atoms with Crippen LogP contribution in [-0.4, -0.2) is 26.4 Å². The third kappa shape index (κ3) is 4.75. The molecule has 0 aromatic heterocycles. The van der Waals surface area contributed by atoms with Gasteiger partial charge in [-0.25, -0.2) is 9.13 Å². The maximum absolute atomic E-state index is 12.9. The minimum Gasteiger partial charge on any atom is -0.403 e. The Hall–Kier alpha value is -1.66. The van der Waals surface area contributed by atoms with Gasteiger partial charge in [-0.05, 0) is 49.9 Å². The van der Waals surface area contributed by atoms with Crippen molar-refractivity contribution in [3.63, 3.8) is 0 Å². The Labute approximate surface area is 182 Å². The minimum atomic E-state index is -3.79. The molecule has 168 valence electrons. The van der Waals surface area contributed by atoms with Gasteiger partial charge in [-0.15, -0.1) is 0 Å². The van der Waals surface area contributed by atoms with E-state index in [9.17, 15) is 9.13 Å². The van der Waals surface area contributed by atoms with Gasteiger partial charge in [0.2, 0.25) is 0 Å². The number of phosphoric acid groups is 2. The van der Waals surface area contributed by atoms with Crippen molar-refractivity contribution in [2.45, 2.75) is 27.7 Å². The first-order valence-corrected chi connectivity index (χ1v) is 12.8. The van der Waals surface area contributed by atoms with E-state index in [4.69, 9.17) is 27.1 Å². The number of rotatable bonds is 4. The van der Waals surface area contributed by atoms with Crippen LogP contribution in [0.2, 0.25) is 0 Å². The first-order valence-electron chi connectivity index (χ1n) is 9.93. The summed E-state index contributed by atoms with van der Waals surface area (Å²) in [4.78, 5) is 0. The molecule has 0 amide bonds. The summed E-state index contributed by atoms with van der Waals surface area (Å²) in [5.74, 6) is 0.953. The molecular formula is C21H26O8P2. The van der Waals surface area contributed by atoms with Crippen LogP contribution in [0.15, 0.2) is 36.4 Å². The van der Waals surface area contributed by atoms with E-state index in [2.05, 4.69) is 0 Å². The SMILES string of the molecule is Cc1cccc(C)c1OP1(=O)OCC2(CO1)COP(=O)(Oc1c(C)cccc1C)OC2. The summed E-state index contributed by atoms with van der Waals surface area (Å²) >= 11 is 0. The van der Waals surface area contributed by atoms with Crippen molar-refractivity contribution < 1.29 is 36.3 Å². The van der Waals surface area contributed by atoms with Crippen molar-refractivity contribution in [3.05, 3.63) is 58.7 Å². The van der Waals surface area contributed by atoms with Crippen LogP contribution in [0.25, 0.3) is 0 Å². The van der Waals surface area contributed by atoms with Crippen molar-refractivity contribution in [3.8, 4) is 11.5 Å². The van der Waals surface area contributed by atoms with Gasteiger partial charge in [-0.1, -0.05) is 36.4 Å².